The highest BCUT2D eigenvalue weighted by atomic mass is 16.5. The number of hydrogen-bond acceptors (Lipinski definition) is 5. The van der Waals surface area contributed by atoms with Crippen LogP contribution < -0.4 is 5.32 Å². The second kappa shape index (κ2) is 5.93. The number of ether oxygens (including phenoxy) is 1. The van der Waals surface area contributed by atoms with Crippen molar-refractivity contribution in [1.29, 1.82) is 0 Å². The molecule has 3 rings (SSSR count). The number of anilines is 1. The topological polar surface area (TPSA) is 59.9 Å². The average molecular weight is 258 g/mol. The van der Waals surface area contributed by atoms with Gasteiger partial charge in [-0.3, -0.25) is 4.98 Å². The Labute approximate surface area is 112 Å². The average Bonchev–Trinajstić information content (AvgIpc) is 2.48. The van der Waals surface area contributed by atoms with Gasteiger partial charge in [-0.2, -0.15) is 0 Å². The molecule has 1 atom stereocenters. The number of nitrogens with zero attached hydrogens (tertiary/aromatic N) is 3. The summed E-state index contributed by atoms with van der Waals surface area (Å²) in [5, 5.41) is 3.33. The van der Waals surface area contributed by atoms with Gasteiger partial charge in [0.2, 0.25) is 0 Å². The molecule has 0 aromatic carbocycles. The van der Waals surface area contributed by atoms with Gasteiger partial charge in [0.15, 0.2) is 5.65 Å². The van der Waals surface area contributed by atoms with Gasteiger partial charge in [-0.1, -0.05) is 0 Å². The van der Waals surface area contributed by atoms with Gasteiger partial charge in [0.1, 0.15) is 11.3 Å². The number of nitrogens with one attached hydrogen (secondary N) is 1. The van der Waals surface area contributed by atoms with Crippen molar-refractivity contribution in [3.63, 3.8) is 0 Å². The lowest BCUT2D eigenvalue weighted by Gasteiger charge is -2.22. The van der Waals surface area contributed by atoms with Gasteiger partial charge in [-0.05, 0) is 37.8 Å². The number of pyridine rings is 1. The number of hydrogen-bond donors (Lipinski definition) is 1. The molecule has 0 saturated carbocycles. The minimum Gasteiger partial charge on any atom is -0.378 e. The van der Waals surface area contributed by atoms with Crippen molar-refractivity contribution in [3.05, 3.63) is 24.5 Å². The highest BCUT2D eigenvalue weighted by molar-refractivity contribution is 5.71. The maximum Gasteiger partial charge on any atom is 0.180 e. The smallest absolute Gasteiger partial charge is 0.180 e. The quantitative estimate of drug-likeness (QED) is 0.912. The summed E-state index contributed by atoms with van der Waals surface area (Å²) in [5.41, 5.74) is 1.50. The van der Waals surface area contributed by atoms with Gasteiger partial charge in [0, 0.05) is 25.5 Å². The lowest BCUT2D eigenvalue weighted by atomic mass is 10.1. The van der Waals surface area contributed by atoms with E-state index in [2.05, 4.69) is 20.3 Å². The molecule has 1 saturated heterocycles. The number of fused-ring (bicyclic) bond motifs is 1. The Hall–Kier alpha value is -1.75. The Kier molecular flexibility index (Phi) is 3.83. The van der Waals surface area contributed by atoms with E-state index < -0.39 is 0 Å². The van der Waals surface area contributed by atoms with Crippen LogP contribution >= 0.6 is 0 Å². The number of rotatable bonds is 4. The summed E-state index contributed by atoms with van der Waals surface area (Å²) in [6, 6.07) is 3.88. The molecule has 0 aliphatic carbocycles. The van der Waals surface area contributed by atoms with Crippen molar-refractivity contribution in [1.82, 2.24) is 15.0 Å². The fourth-order valence-electron chi connectivity index (χ4n) is 2.35. The third-order valence-electron chi connectivity index (χ3n) is 3.38. The lowest BCUT2D eigenvalue weighted by Crippen LogP contribution is -2.22. The molecule has 5 heteroatoms. The van der Waals surface area contributed by atoms with Crippen molar-refractivity contribution >= 4 is 17.0 Å². The molecule has 1 fully saturated rings. The summed E-state index contributed by atoms with van der Waals surface area (Å²) in [6.45, 7) is 1.79. The van der Waals surface area contributed by atoms with Crippen LogP contribution in [0.4, 0.5) is 5.82 Å². The largest absolute Gasteiger partial charge is 0.378 e. The monoisotopic (exact) mass is 258 g/mol. The number of aromatic nitrogens is 3. The molecule has 19 heavy (non-hydrogen) atoms. The Balaban J connectivity index is 1.56. The molecule has 1 aliphatic heterocycles. The zero-order valence-electron chi connectivity index (χ0n) is 10.9. The fourth-order valence-corrected chi connectivity index (χ4v) is 2.35. The van der Waals surface area contributed by atoms with Crippen molar-refractivity contribution in [2.75, 3.05) is 18.5 Å². The van der Waals surface area contributed by atoms with Crippen molar-refractivity contribution in [2.45, 2.75) is 31.8 Å². The predicted octanol–water partition coefficient (Wildman–Crippen LogP) is 2.40. The first-order valence-corrected chi connectivity index (χ1v) is 6.85. The highest BCUT2D eigenvalue weighted by Crippen LogP contribution is 2.16. The van der Waals surface area contributed by atoms with Crippen LogP contribution in [0.2, 0.25) is 0 Å². The van der Waals surface area contributed by atoms with Crippen LogP contribution in [0.25, 0.3) is 11.2 Å². The Bertz CT molecular complexity index is 540. The van der Waals surface area contributed by atoms with Crippen LogP contribution in [-0.2, 0) is 4.74 Å². The van der Waals surface area contributed by atoms with Crippen LogP contribution in [0.3, 0.4) is 0 Å². The van der Waals surface area contributed by atoms with Gasteiger partial charge in [-0.15, -0.1) is 0 Å². The first kappa shape index (κ1) is 12.3. The molecule has 2 aromatic heterocycles. The molecule has 0 radical (unpaired) electrons. The predicted molar refractivity (Wildman–Crippen MR) is 74.0 cm³/mol. The Morgan fingerprint density at radius 3 is 3.05 bits per heavy atom. The van der Waals surface area contributed by atoms with Crippen molar-refractivity contribution in [2.24, 2.45) is 0 Å². The molecule has 1 unspecified atom stereocenters. The highest BCUT2D eigenvalue weighted by Gasteiger charge is 2.13. The molecule has 0 spiro atoms. The summed E-state index contributed by atoms with van der Waals surface area (Å²) in [6.07, 6.45) is 8.44. The van der Waals surface area contributed by atoms with E-state index in [1.54, 1.807) is 12.4 Å². The van der Waals surface area contributed by atoms with E-state index in [9.17, 15) is 0 Å². The van der Waals surface area contributed by atoms with E-state index in [1.807, 2.05) is 12.1 Å². The molecule has 5 nitrogen and oxygen atoms in total. The van der Waals surface area contributed by atoms with E-state index in [4.69, 9.17) is 4.74 Å². The molecule has 1 N–H and O–H groups in total. The third kappa shape index (κ3) is 3.17. The van der Waals surface area contributed by atoms with E-state index in [-0.39, 0.29) is 0 Å². The second-order valence-corrected chi connectivity index (χ2v) is 4.80. The molecular formula is C14H18N4O. The van der Waals surface area contributed by atoms with Gasteiger partial charge < -0.3 is 10.1 Å². The van der Waals surface area contributed by atoms with Gasteiger partial charge in [0.25, 0.3) is 0 Å². The molecular weight excluding hydrogens is 240 g/mol. The third-order valence-corrected chi connectivity index (χ3v) is 3.38. The van der Waals surface area contributed by atoms with Gasteiger partial charge in [-0.25, -0.2) is 9.97 Å². The van der Waals surface area contributed by atoms with E-state index in [0.717, 1.165) is 30.9 Å². The zero-order chi connectivity index (χ0) is 12.9. The van der Waals surface area contributed by atoms with Crippen molar-refractivity contribution < 1.29 is 4.74 Å². The zero-order valence-corrected chi connectivity index (χ0v) is 10.9. The summed E-state index contributed by atoms with van der Waals surface area (Å²) in [5.74, 6) is 0.851. The molecule has 0 bridgehead atoms. The summed E-state index contributed by atoms with van der Waals surface area (Å²) in [4.78, 5) is 12.8. The van der Waals surface area contributed by atoms with Gasteiger partial charge in [0.05, 0.1) is 6.10 Å². The van der Waals surface area contributed by atoms with Crippen LogP contribution in [0, 0.1) is 0 Å². The van der Waals surface area contributed by atoms with Crippen LogP contribution in [0.5, 0.6) is 0 Å². The van der Waals surface area contributed by atoms with Gasteiger partial charge >= 0.3 is 0 Å². The van der Waals surface area contributed by atoms with E-state index in [1.165, 1.54) is 19.3 Å². The maximum atomic E-state index is 5.70. The first-order valence-electron chi connectivity index (χ1n) is 6.85. The molecule has 0 amide bonds. The molecule has 2 aromatic rings. The first-order chi connectivity index (χ1) is 9.42. The normalized spacial score (nSPS) is 19.5. The fraction of sp³-hybridized carbons (Fsp3) is 0.500. The van der Waals surface area contributed by atoms with E-state index >= 15 is 0 Å². The summed E-state index contributed by atoms with van der Waals surface area (Å²) < 4.78 is 5.70. The Morgan fingerprint density at radius 2 is 2.16 bits per heavy atom. The molecule has 3 heterocycles. The van der Waals surface area contributed by atoms with Crippen molar-refractivity contribution in [3.8, 4) is 0 Å². The minimum atomic E-state index is 0.404. The maximum absolute atomic E-state index is 5.70. The summed E-state index contributed by atoms with van der Waals surface area (Å²) in [7, 11) is 0. The van der Waals surface area contributed by atoms with Crippen LogP contribution in [0.15, 0.2) is 24.5 Å². The van der Waals surface area contributed by atoms with Crippen LogP contribution in [0.1, 0.15) is 25.7 Å². The molecule has 1 aliphatic rings. The second-order valence-electron chi connectivity index (χ2n) is 4.80. The van der Waals surface area contributed by atoms with E-state index in [0.29, 0.717) is 11.8 Å². The standard InChI is InChI=1S/C14H18N4O/c1-2-10-19-11(3-1)6-7-16-13-5-4-12-14(18-13)17-9-8-15-12/h4-5,8-9,11H,1-3,6-7,10H2,(H,16,17,18). The lowest BCUT2D eigenvalue weighted by molar-refractivity contribution is 0.0134. The summed E-state index contributed by atoms with van der Waals surface area (Å²) >= 11 is 0. The minimum absolute atomic E-state index is 0.404. The molecule has 100 valence electrons. The Morgan fingerprint density at radius 1 is 1.21 bits per heavy atom. The SMILES string of the molecule is c1cnc2nc(NCCC3CCCCO3)ccc2n1. The van der Waals surface area contributed by atoms with Crippen LogP contribution in [-0.4, -0.2) is 34.2 Å².